The van der Waals surface area contributed by atoms with Crippen molar-refractivity contribution in [3.05, 3.63) is 35.4 Å². The molecule has 2 rings (SSSR count). The number of hydrogen-bond donors (Lipinski definition) is 1. The van der Waals surface area contributed by atoms with E-state index >= 15 is 0 Å². The van der Waals surface area contributed by atoms with Gasteiger partial charge in [-0.05, 0) is 73.3 Å². The molecule has 1 atom stereocenters. The number of carbonyl (C=O) groups is 2. The Morgan fingerprint density at radius 1 is 1.16 bits per heavy atom. The summed E-state index contributed by atoms with van der Waals surface area (Å²) < 4.78 is 10.9. The zero-order valence-electron chi connectivity index (χ0n) is 20.3. The average molecular weight is 443 g/mol. The number of carbonyl (C=O) groups excluding carboxylic acids is 2. The summed E-state index contributed by atoms with van der Waals surface area (Å²) in [6, 6.07) is 7.20. The van der Waals surface area contributed by atoms with Crippen molar-refractivity contribution in [2.24, 2.45) is 4.99 Å². The van der Waals surface area contributed by atoms with Crippen LogP contribution in [0.1, 0.15) is 58.7 Å². The molecule has 1 N–H and O–H groups in total. The number of nitrogens with zero attached hydrogens (tertiary/aromatic N) is 3. The maximum Gasteiger partial charge on any atom is 0.417 e. The van der Waals surface area contributed by atoms with Crippen molar-refractivity contribution in [1.29, 1.82) is 0 Å². The van der Waals surface area contributed by atoms with Crippen LogP contribution in [0.15, 0.2) is 29.3 Å². The zero-order valence-corrected chi connectivity index (χ0v) is 20.3. The first-order chi connectivity index (χ1) is 14.7. The van der Waals surface area contributed by atoms with Gasteiger partial charge in [0, 0.05) is 5.56 Å². The first kappa shape index (κ1) is 25.2. The summed E-state index contributed by atoms with van der Waals surface area (Å²) in [5, 5.41) is 2.59. The van der Waals surface area contributed by atoms with E-state index in [1.165, 1.54) is 4.90 Å². The van der Waals surface area contributed by atoms with Crippen molar-refractivity contribution in [3.8, 4) is 11.8 Å². The molecule has 1 aliphatic heterocycles. The van der Waals surface area contributed by atoms with Gasteiger partial charge in [0.25, 0.3) is 0 Å². The second-order valence-electron chi connectivity index (χ2n) is 9.82. The minimum Gasteiger partial charge on any atom is -0.444 e. The van der Waals surface area contributed by atoms with E-state index in [2.05, 4.69) is 22.2 Å². The van der Waals surface area contributed by atoms with Crippen molar-refractivity contribution in [2.45, 2.75) is 58.8 Å². The molecule has 0 fully saturated rings. The number of alkyl carbamates (subject to hydrolysis) is 1. The van der Waals surface area contributed by atoms with Crippen LogP contribution < -0.4 is 5.32 Å². The van der Waals surface area contributed by atoms with Gasteiger partial charge in [-0.3, -0.25) is 10.2 Å². The number of benzene rings is 1. The standard InChI is InChI=1S/C24H34N4O4/c1-23(2,3)31-21(29)26-20-25-16-19(28(20)22(30)32-24(4,5)6)18-13-9-11-17(15-18)12-10-14-27(7)8/h9,11,13,15,19H,14,16H2,1-8H3,(H,25,26,29). The van der Waals surface area contributed by atoms with E-state index in [-0.39, 0.29) is 12.5 Å². The fourth-order valence-corrected chi connectivity index (χ4v) is 2.88. The van der Waals surface area contributed by atoms with Gasteiger partial charge in [0.2, 0.25) is 5.96 Å². The molecule has 1 aromatic rings. The molecule has 1 aliphatic rings. The Balaban J connectivity index is 2.30. The van der Waals surface area contributed by atoms with Crippen LogP contribution in [0.5, 0.6) is 0 Å². The number of guanidine groups is 1. The van der Waals surface area contributed by atoms with Gasteiger partial charge in [0.05, 0.1) is 19.1 Å². The Morgan fingerprint density at radius 3 is 2.41 bits per heavy atom. The molecule has 8 nitrogen and oxygen atoms in total. The second-order valence-corrected chi connectivity index (χ2v) is 9.82. The van der Waals surface area contributed by atoms with Crippen LogP contribution >= 0.6 is 0 Å². The smallest absolute Gasteiger partial charge is 0.417 e. The molecule has 1 heterocycles. The number of hydrogen-bond acceptors (Lipinski definition) is 6. The van der Waals surface area contributed by atoms with Gasteiger partial charge in [0.1, 0.15) is 11.2 Å². The summed E-state index contributed by atoms with van der Waals surface area (Å²) in [5.74, 6) is 6.35. The second kappa shape index (κ2) is 10.0. The summed E-state index contributed by atoms with van der Waals surface area (Å²) in [5.41, 5.74) is 0.291. The largest absolute Gasteiger partial charge is 0.444 e. The van der Waals surface area contributed by atoms with Gasteiger partial charge >= 0.3 is 12.2 Å². The van der Waals surface area contributed by atoms with Gasteiger partial charge in [-0.15, -0.1) is 0 Å². The summed E-state index contributed by atoms with van der Waals surface area (Å²) in [4.78, 5) is 33.1. The number of rotatable bonds is 2. The van der Waals surface area contributed by atoms with Gasteiger partial charge in [-0.2, -0.15) is 0 Å². The highest BCUT2D eigenvalue weighted by Gasteiger charge is 2.38. The molecule has 0 bridgehead atoms. The molecule has 0 saturated heterocycles. The summed E-state index contributed by atoms with van der Waals surface area (Å²) in [6.45, 7) is 11.6. The lowest BCUT2D eigenvalue weighted by Gasteiger charge is -2.29. The van der Waals surface area contributed by atoms with Crippen LogP contribution in [0.3, 0.4) is 0 Å². The summed E-state index contributed by atoms with van der Waals surface area (Å²) in [6.07, 6.45) is -1.28. The van der Waals surface area contributed by atoms with E-state index in [9.17, 15) is 9.59 Å². The minimum absolute atomic E-state index is 0.0996. The lowest BCUT2D eigenvalue weighted by Crippen LogP contribution is -2.48. The molecule has 32 heavy (non-hydrogen) atoms. The molecule has 0 aliphatic carbocycles. The Kier molecular flexibility index (Phi) is 7.92. The first-order valence-corrected chi connectivity index (χ1v) is 10.6. The zero-order chi connectivity index (χ0) is 24.1. The quantitative estimate of drug-likeness (QED) is 0.705. The number of nitrogens with one attached hydrogen (secondary N) is 1. The molecule has 0 spiro atoms. The van der Waals surface area contributed by atoms with Crippen LogP contribution in [0.2, 0.25) is 0 Å². The van der Waals surface area contributed by atoms with Crippen molar-refractivity contribution < 1.29 is 19.1 Å². The third kappa shape index (κ3) is 7.89. The van der Waals surface area contributed by atoms with Gasteiger partial charge in [0.15, 0.2) is 0 Å². The fraction of sp³-hybridized carbons (Fsp3) is 0.542. The number of aliphatic imine (C=N–C) groups is 1. The average Bonchev–Trinajstić information content (AvgIpc) is 3.02. The normalized spacial score (nSPS) is 16.2. The molecule has 174 valence electrons. The topological polar surface area (TPSA) is 83.5 Å². The highest BCUT2D eigenvalue weighted by atomic mass is 16.6. The van der Waals surface area contributed by atoms with Crippen molar-refractivity contribution >= 4 is 18.1 Å². The molecule has 0 saturated carbocycles. The van der Waals surface area contributed by atoms with E-state index in [1.807, 2.05) is 43.3 Å². The fourth-order valence-electron chi connectivity index (χ4n) is 2.88. The van der Waals surface area contributed by atoms with E-state index < -0.39 is 29.4 Å². The number of ether oxygens (including phenoxy) is 2. The molecular weight excluding hydrogens is 408 g/mol. The SMILES string of the molecule is CN(C)CC#Cc1cccc(C2CN=C(NC(=O)OC(C)(C)C)N2C(=O)OC(C)(C)C)c1. The van der Waals surface area contributed by atoms with E-state index in [0.717, 1.165) is 11.1 Å². The van der Waals surface area contributed by atoms with E-state index in [0.29, 0.717) is 6.54 Å². The van der Waals surface area contributed by atoms with E-state index in [4.69, 9.17) is 9.47 Å². The predicted octanol–water partition coefficient (Wildman–Crippen LogP) is 3.77. The van der Waals surface area contributed by atoms with Gasteiger partial charge in [-0.25, -0.2) is 19.5 Å². The Hall–Kier alpha value is -3.05. The molecule has 0 aromatic heterocycles. The molecule has 1 unspecified atom stereocenters. The molecule has 2 amide bonds. The van der Waals surface area contributed by atoms with E-state index in [1.54, 1.807) is 41.5 Å². The lowest BCUT2D eigenvalue weighted by molar-refractivity contribution is 0.0321. The summed E-state index contributed by atoms with van der Waals surface area (Å²) in [7, 11) is 3.91. The van der Waals surface area contributed by atoms with Crippen LogP contribution in [-0.2, 0) is 9.47 Å². The molecular formula is C24H34N4O4. The van der Waals surface area contributed by atoms with Gasteiger partial charge in [-0.1, -0.05) is 24.0 Å². The summed E-state index contributed by atoms with van der Waals surface area (Å²) >= 11 is 0. The Labute approximate surface area is 191 Å². The highest BCUT2D eigenvalue weighted by molar-refractivity contribution is 6.02. The third-order valence-corrected chi connectivity index (χ3v) is 4.06. The van der Waals surface area contributed by atoms with Crippen LogP contribution in [0.25, 0.3) is 0 Å². The minimum atomic E-state index is -0.708. The molecule has 8 heteroatoms. The monoisotopic (exact) mass is 442 g/mol. The lowest BCUT2D eigenvalue weighted by atomic mass is 10.0. The molecule has 1 aromatic carbocycles. The van der Waals surface area contributed by atoms with Crippen molar-refractivity contribution in [3.63, 3.8) is 0 Å². The molecule has 0 radical (unpaired) electrons. The highest BCUT2D eigenvalue weighted by Crippen LogP contribution is 2.28. The van der Waals surface area contributed by atoms with Crippen LogP contribution in [-0.4, -0.2) is 66.3 Å². The van der Waals surface area contributed by atoms with Crippen LogP contribution in [0.4, 0.5) is 9.59 Å². The van der Waals surface area contributed by atoms with Crippen molar-refractivity contribution in [2.75, 3.05) is 27.2 Å². The van der Waals surface area contributed by atoms with Crippen LogP contribution in [0, 0.1) is 11.8 Å². The van der Waals surface area contributed by atoms with Crippen molar-refractivity contribution in [1.82, 2.24) is 15.1 Å². The third-order valence-electron chi connectivity index (χ3n) is 4.06. The first-order valence-electron chi connectivity index (χ1n) is 10.6. The Bertz CT molecular complexity index is 930. The number of amides is 2. The Morgan fingerprint density at radius 2 is 1.81 bits per heavy atom. The maximum atomic E-state index is 13.1. The predicted molar refractivity (Wildman–Crippen MR) is 124 cm³/mol. The van der Waals surface area contributed by atoms with Gasteiger partial charge < -0.3 is 9.47 Å². The maximum absolute atomic E-state index is 13.1.